The molecule has 0 unspecified atom stereocenters. The number of halogens is 1. The van der Waals surface area contributed by atoms with Crippen molar-refractivity contribution in [2.24, 2.45) is 0 Å². The summed E-state index contributed by atoms with van der Waals surface area (Å²) < 4.78 is 5.16. The molecule has 0 aliphatic carbocycles. The topological polar surface area (TPSA) is 58.6 Å². The number of anilines is 1. The van der Waals surface area contributed by atoms with Crippen LogP contribution in [0.4, 0.5) is 5.69 Å². The minimum absolute atomic E-state index is 0.181. The molecular weight excluding hydrogens is 280 g/mol. The Hall–Kier alpha value is -1.85. The van der Waals surface area contributed by atoms with E-state index >= 15 is 0 Å². The minimum Gasteiger partial charge on any atom is -0.378 e. The average Bonchev–Trinajstić information content (AvgIpc) is 2.48. The summed E-state index contributed by atoms with van der Waals surface area (Å²) in [6, 6.07) is 6.75. The van der Waals surface area contributed by atoms with E-state index in [0.717, 1.165) is 0 Å². The van der Waals surface area contributed by atoms with Gasteiger partial charge in [-0.15, -0.1) is 0 Å². The Morgan fingerprint density at radius 3 is 2.45 bits per heavy atom. The van der Waals surface area contributed by atoms with E-state index in [1.165, 1.54) is 12.2 Å². The Balaban J connectivity index is 1.85. The second kappa shape index (κ2) is 7.07. The van der Waals surface area contributed by atoms with Crippen molar-refractivity contribution in [3.05, 3.63) is 41.4 Å². The Kier molecular flexibility index (Phi) is 5.15. The van der Waals surface area contributed by atoms with Crippen LogP contribution in [-0.4, -0.2) is 43.0 Å². The van der Waals surface area contributed by atoms with Crippen molar-refractivity contribution < 1.29 is 14.3 Å². The van der Waals surface area contributed by atoms with Gasteiger partial charge in [0.15, 0.2) is 0 Å². The van der Waals surface area contributed by atoms with E-state index in [-0.39, 0.29) is 11.8 Å². The van der Waals surface area contributed by atoms with Crippen molar-refractivity contribution >= 4 is 29.1 Å². The van der Waals surface area contributed by atoms with E-state index < -0.39 is 0 Å². The third kappa shape index (κ3) is 4.36. The molecule has 1 N–H and O–H groups in total. The lowest BCUT2D eigenvalue weighted by Gasteiger charge is -2.25. The summed E-state index contributed by atoms with van der Waals surface area (Å²) in [5, 5.41) is 3.25. The van der Waals surface area contributed by atoms with Crippen molar-refractivity contribution in [3.63, 3.8) is 0 Å². The van der Waals surface area contributed by atoms with E-state index in [1.54, 1.807) is 29.2 Å². The lowest BCUT2D eigenvalue weighted by atomic mass is 10.3. The molecule has 0 atom stereocenters. The first-order chi connectivity index (χ1) is 9.65. The Labute approximate surface area is 122 Å². The molecule has 106 valence electrons. The zero-order chi connectivity index (χ0) is 14.4. The number of nitrogens with zero attached hydrogens (tertiary/aromatic N) is 1. The number of nitrogens with one attached hydrogen (secondary N) is 1. The summed E-state index contributed by atoms with van der Waals surface area (Å²) in [5.41, 5.74) is 0.628. The van der Waals surface area contributed by atoms with Crippen molar-refractivity contribution in [1.82, 2.24) is 4.90 Å². The number of hydrogen-bond acceptors (Lipinski definition) is 3. The highest BCUT2D eigenvalue weighted by molar-refractivity contribution is 6.30. The zero-order valence-corrected chi connectivity index (χ0v) is 11.6. The molecule has 5 nitrogen and oxygen atoms in total. The van der Waals surface area contributed by atoms with Crippen molar-refractivity contribution in [1.29, 1.82) is 0 Å². The monoisotopic (exact) mass is 294 g/mol. The molecule has 2 rings (SSSR count). The molecule has 1 fully saturated rings. The number of carbonyl (C=O) groups is 2. The summed E-state index contributed by atoms with van der Waals surface area (Å²) in [6.45, 7) is 2.19. The minimum atomic E-state index is -0.353. The first-order valence-electron chi connectivity index (χ1n) is 6.26. The Morgan fingerprint density at radius 2 is 1.80 bits per heavy atom. The molecule has 20 heavy (non-hydrogen) atoms. The van der Waals surface area contributed by atoms with Crippen LogP contribution in [0.15, 0.2) is 36.4 Å². The number of ether oxygens (including phenoxy) is 1. The fourth-order valence-corrected chi connectivity index (χ4v) is 1.88. The number of carbonyl (C=O) groups excluding carboxylic acids is 2. The third-order valence-corrected chi connectivity index (χ3v) is 3.06. The highest BCUT2D eigenvalue weighted by atomic mass is 35.5. The maximum Gasteiger partial charge on any atom is 0.248 e. The highest BCUT2D eigenvalue weighted by Gasteiger charge is 2.14. The highest BCUT2D eigenvalue weighted by Crippen LogP contribution is 2.13. The van der Waals surface area contributed by atoms with Crippen LogP contribution >= 0.6 is 11.6 Å². The fraction of sp³-hybridized carbons (Fsp3) is 0.286. The molecule has 0 aromatic heterocycles. The van der Waals surface area contributed by atoms with Gasteiger partial charge in [-0.3, -0.25) is 9.59 Å². The van der Waals surface area contributed by atoms with Crippen LogP contribution in [0.5, 0.6) is 0 Å². The molecule has 1 aromatic carbocycles. The number of rotatable bonds is 3. The molecular formula is C14H15ClN2O3. The van der Waals surface area contributed by atoms with Crippen LogP contribution in [0.2, 0.25) is 5.02 Å². The molecule has 1 heterocycles. The second-order valence-corrected chi connectivity index (χ2v) is 4.70. The number of hydrogen-bond donors (Lipinski definition) is 1. The third-order valence-electron chi connectivity index (χ3n) is 2.81. The average molecular weight is 295 g/mol. The molecule has 0 radical (unpaired) electrons. The van der Waals surface area contributed by atoms with Gasteiger partial charge < -0.3 is 15.0 Å². The molecule has 2 amide bonds. The predicted molar refractivity (Wildman–Crippen MR) is 76.6 cm³/mol. The number of benzene rings is 1. The molecule has 1 aliphatic rings. The summed E-state index contributed by atoms with van der Waals surface area (Å²) in [6.07, 6.45) is 2.50. The summed E-state index contributed by atoms with van der Waals surface area (Å²) in [4.78, 5) is 25.1. The van der Waals surface area contributed by atoms with Gasteiger partial charge in [0.05, 0.1) is 13.2 Å². The van der Waals surface area contributed by atoms with Crippen molar-refractivity contribution in [3.8, 4) is 0 Å². The SMILES string of the molecule is O=C(C=CC(=O)N1CCOCC1)Nc1ccc(Cl)cc1. The van der Waals surface area contributed by atoms with Crippen molar-refractivity contribution in [2.45, 2.75) is 0 Å². The van der Waals surface area contributed by atoms with E-state index in [1.807, 2.05) is 0 Å². The summed E-state index contributed by atoms with van der Waals surface area (Å²) in [7, 11) is 0. The van der Waals surface area contributed by atoms with E-state index in [2.05, 4.69) is 5.32 Å². The zero-order valence-electron chi connectivity index (χ0n) is 10.8. The van der Waals surface area contributed by atoms with Crippen LogP contribution in [0.25, 0.3) is 0 Å². The molecule has 1 aliphatic heterocycles. The lowest BCUT2D eigenvalue weighted by molar-refractivity contribution is -0.130. The van der Waals surface area contributed by atoms with Crippen LogP contribution in [0.3, 0.4) is 0 Å². The van der Waals surface area contributed by atoms with Crippen LogP contribution < -0.4 is 5.32 Å². The standard InChI is InChI=1S/C14H15ClN2O3/c15-11-1-3-12(4-2-11)16-13(18)5-6-14(19)17-7-9-20-10-8-17/h1-6H,7-10H2,(H,16,18). The maximum absolute atomic E-state index is 11.8. The van der Waals surface area contributed by atoms with E-state index in [4.69, 9.17) is 16.3 Å². The first-order valence-corrected chi connectivity index (χ1v) is 6.64. The van der Waals surface area contributed by atoms with Gasteiger partial charge in [0.1, 0.15) is 0 Å². The normalized spacial score (nSPS) is 15.3. The quantitative estimate of drug-likeness (QED) is 0.863. The van der Waals surface area contributed by atoms with Crippen LogP contribution in [0, 0.1) is 0 Å². The molecule has 0 saturated carbocycles. The molecule has 0 spiro atoms. The van der Waals surface area contributed by atoms with Gasteiger partial charge in [-0.05, 0) is 24.3 Å². The smallest absolute Gasteiger partial charge is 0.248 e. The van der Waals surface area contributed by atoms with Gasteiger partial charge in [0.2, 0.25) is 11.8 Å². The number of morpholine rings is 1. The maximum atomic E-state index is 11.8. The summed E-state index contributed by atoms with van der Waals surface area (Å²) >= 11 is 5.75. The van der Waals surface area contributed by atoms with Gasteiger partial charge in [0.25, 0.3) is 0 Å². The van der Waals surface area contributed by atoms with E-state index in [9.17, 15) is 9.59 Å². The largest absolute Gasteiger partial charge is 0.378 e. The molecule has 0 bridgehead atoms. The molecule has 6 heteroatoms. The van der Waals surface area contributed by atoms with Crippen molar-refractivity contribution in [2.75, 3.05) is 31.6 Å². The second-order valence-electron chi connectivity index (χ2n) is 4.27. The van der Waals surface area contributed by atoms with Gasteiger partial charge in [-0.25, -0.2) is 0 Å². The lowest BCUT2D eigenvalue weighted by Crippen LogP contribution is -2.39. The van der Waals surface area contributed by atoms with E-state index in [0.29, 0.717) is 37.0 Å². The fourth-order valence-electron chi connectivity index (χ4n) is 1.75. The van der Waals surface area contributed by atoms with Crippen LogP contribution in [0.1, 0.15) is 0 Å². The Morgan fingerprint density at radius 1 is 1.15 bits per heavy atom. The number of amides is 2. The van der Waals surface area contributed by atoms with Crippen LogP contribution in [-0.2, 0) is 14.3 Å². The van der Waals surface area contributed by atoms with Gasteiger partial charge >= 0.3 is 0 Å². The first kappa shape index (κ1) is 14.6. The molecule has 1 saturated heterocycles. The van der Waals surface area contributed by atoms with Gasteiger partial charge in [-0.1, -0.05) is 11.6 Å². The van der Waals surface area contributed by atoms with Gasteiger partial charge in [-0.2, -0.15) is 0 Å². The molecule has 1 aromatic rings. The summed E-state index contributed by atoms with van der Waals surface area (Å²) in [5.74, 6) is -0.534. The Bertz CT molecular complexity index is 508. The van der Waals surface area contributed by atoms with Gasteiger partial charge in [0, 0.05) is 36.0 Å². The predicted octanol–water partition coefficient (Wildman–Crippen LogP) is 1.69.